The molecule has 0 spiro atoms. The lowest BCUT2D eigenvalue weighted by Gasteiger charge is -2.03. The molecule has 0 aliphatic rings. The molecule has 0 saturated heterocycles. The molecule has 0 aliphatic heterocycles. The average Bonchev–Trinajstić information content (AvgIpc) is 2.83. The summed E-state index contributed by atoms with van der Waals surface area (Å²) >= 11 is 5.56. The van der Waals surface area contributed by atoms with Crippen LogP contribution in [0.15, 0.2) is 24.8 Å². The molecule has 8 heteroatoms. The van der Waals surface area contributed by atoms with Gasteiger partial charge in [0.15, 0.2) is 0 Å². The summed E-state index contributed by atoms with van der Waals surface area (Å²) in [7, 11) is 0. The van der Waals surface area contributed by atoms with Crippen LogP contribution in [0.3, 0.4) is 0 Å². The summed E-state index contributed by atoms with van der Waals surface area (Å²) in [5.74, 6) is -0.297. The highest BCUT2D eigenvalue weighted by Gasteiger charge is 2.06. The van der Waals surface area contributed by atoms with Gasteiger partial charge in [-0.15, -0.1) is 5.10 Å². The van der Waals surface area contributed by atoms with Gasteiger partial charge in [0.25, 0.3) is 5.91 Å². The minimum Gasteiger partial charge on any atom is -0.349 e. The first-order valence-corrected chi connectivity index (χ1v) is 5.23. The number of amides is 1. The van der Waals surface area contributed by atoms with Gasteiger partial charge in [-0.2, -0.15) is 0 Å². The van der Waals surface area contributed by atoms with Crippen LogP contribution in [0.5, 0.6) is 0 Å². The first kappa shape index (κ1) is 11.5. The molecule has 1 amide bonds. The SMILES string of the molecule is O=C(NCCn1ccnn1)c1cnc(Cl)cn1. The molecular weight excluding hydrogens is 244 g/mol. The van der Waals surface area contributed by atoms with Crippen molar-refractivity contribution in [3.8, 4) is 0 Å². The molecule has 7 nitrogen and oxygen atoms in total. The Hall–Kier alpha value is -2.02. The minimum atomic E-state index is -0.297. The molecule has 88 valence electrons. The zero-order chi connectivity index (χ0) is 12.1. The van der Waals surface area contributed by atoms with Crippen molar-refractivity contribution < 1.29 is 4.79 Å². The number of hydrogen-bond acceptors (Lipinski definition) is 5. The quantitative estimate of drug-likeness (QED) is 0.837. The molecule has 0 fully saturated rings. The molecule has 0 radical (unpaired) electrons. The number of nitrogens with zero attached hydrogens (tertiary/aromatic N) is 5. The van der Waals surface area contributed by atoms with E-state index in [2.05, 4.69) is 25.6 Å². The van der Waals surface area contributed by atoms with Gasteiger partial charge in [-0.1, -0.05) is 16.8 Å². The molecule has 2 heterocycles. The summed E-state index contributed by atoms with van der Waals surface area (Å²) in [6.07, 6.45) is 5.95. The van der Waals surface area contributed by atoms with E-state index in [9.17, 15) is 4.79 Å². The van der Waals surface area contributed by atoms with Gasteiger partial charge in [-0.25, -0.2) is 9.97 Å². The molecule has 0 bridgehead atoms. The van der Waals surface area contributed by atoms with Gasteiger partial charge in [0.2, 0.25) is 0 Å². The predicted molar refractivity (Wildman–Crippen MR) is 59.4 cm³/mol. The monoisotopic (exact) mass is 252 g/mol. The van der Waals surface area contributed by atoms with Crippen LogP contribution >= 0.6 is 11.6 Å². The Kier molecular flexibility index (Phi) is 3.61. The Bertz CT molecular complexity index is 483. The second-order valence-corrected chi connectivity index (χ2v) is 3.53. The lowest BCUT2D eigenvalue weighted by Crippen LogP contribution is -2.28. The van der Waals surface area contributed by atoms with Crippen molar-refractivity contribution >= 4 is 17.5 Å². The van der Waals surface area contributed by atoms with Crippen molar-refractivity contribution in [3.05, 3.63) is 35.6 Å². The van der Waals surface area contributed by atoms with Gasteiger partial charge < -0.3 is 5.32 Å². The summed E-state index contributed by atoms with van der Waals surface area (Å²) in [4.78, 5) is 19.2. The zero-order valence-corrected chi connectivity index (χ0v) is 9.50. The van der Waals surface area contributed by atoms with E-state index < -0.39 is 0 Å². The van der Waals surface area contributed by atoms with Crippen molar-refractivity contribution in [1.82, 2.24) is 30.3 Å². The third kappa shape index (κ3) is 3.22. The van der Waals surface area contributed by atoms with E-state index in [1.807, 2.05) is 0 Å². The predicted octanol–water partition coefficient (Wildman–Crippen LogP) is 0.151. The molecule has 0 unspecified atom stereocenters. The molecule has 0 saturated carbocycles. The fourth-order valence-electron chi connectivity index (χ4n) is 1.16. The smallest absolute Gasteiger partial charge is 0.271 e. The van der Waals surface area contributed by atoms with Crippen LogP contribution in [0.1, 0.15) is 10.5 Å². The first-order chi connectivity index (χ1) is 8.25. The molecule has 2 aromatic heterocycles. The Morgan fingerprint density at radius 3 is 2.94 bits per heavy atom. The number of halogens is 1. The summed E-state index contributed by atoms with van der Waals surface area (Å²) in [5.41, 5.74) is 0.230. The van der Waals surface area contributed by atoms with E-state index in [0.717, 1.165) is 0 Å². The number of rotatable bonds is 4. The zero-order valence-electron chi connectivity index (χ0n) is 8.75. The van der Waals surface area contributed by atoms with E-state index in [1.165, 1.54) is 12.4 Å². The van der Waals surface area contributed by atoms with Crippen molar-refractivity contribution in [3.63, 3.8) is 0 Å². The Morgan fingerprint density at radius 1 is 1.41 bits per heavy atom. The molecule has 0 aliphatic carbocycles. The molecule has 1 N–H and O–H groups in total. The fourth-order valence-corrected chi connectivity index (χ4v) is 1.25. The van der Waals surface area contributed by atoms with Gasteiger partial charge in [-0.05, 0) is 0 Å². The van der Waals surface area contributed by atoms with Crippen molar-refractivity contribution in [2.45, 2.75) is 6.54 Å². The summed E-state index contributed by atoms with van der Waals surface area (Å²) in [6, 6.07) is 0. The second-order valence-electron chi connectivity index (χ2n) is 3.15. The number of hydrogen-bond donors (Lipinski definition) is 1. The van der Waals surface area contributed by atoms with E-state index in [4.69, 9.17) is 11.6 Å². The molecule has 0 aromatic carbocycles. The Balaban J connectivity index is 1.83. The lowest BCUT2D eigenvalue weighted by molar-refractivity contribution is 0.0946. The molecule has 2 aromatic rings. The van der Waals surface area contributed by atoms with Crippen LogP contribution in [0, 0.1) is 0 Å². The maximum atomic E-state index is 11.6. The van der Waals surface area contributed by atoms with Crippen molar-refractivity contribution in [2.75, 3.05) is 6.54 Å². The van der Waals surface area contributed by atoms with Crippen LogP contribution in [0.25, 0.3) is 0 Å². The third-order valence-electron chi connectivity index (χ3n) is 1.95. The van der Waals surface area contributed by atoms with Crippen molar-refractivity contribution in [1.29, 1.82) is 0 Å². The minimum absolute atomic E-state index is 0.230. The molecule has 17 heavy (non-hydrogen) atoms. The van der Waals surface area contributed by atoms with Crippen LogP contribution in [0.2, 0.25) is 5.15 Å². The molecular formula is C9H9ClN6O. The number of carbonyl (C=O) groups excluding carboxylic acids is 1. The maximum absolute atomic E-state index is 11.6. The van der Waals surface area contributed by atoms with Gasteiger partial charge in [-0.3, -0.25) is 9.48 Å². The van der Waals surface area contributed by atoms with Crippen LogP contribution in [-0.4, -0.2) is 37.4 Å². The van der Waals surface area contributed by atoms with Crippen molar-refractivity contribution in [2.24, 2.45) is 0 Å². The van der Waals surface area contributed by atoms with Gasteiger partial charge >= 0.3 is 0 Å². The largest absolute Gasteiger partial charge is 0.349 e. The standard InChI is InChI=1S/C9H9ClN6O/c10-8-6-12-7(5-13-8)9(17)11-1-3-16-4-2-14-15-16/h2,4-6H,1,3H2,(H,11,17). The third-order valence-corrected chi connectivity index (χ3v) is 2.15. The first-order valence-electron chi connectivity index (χ1n) is 4.85. The van der Waals surface area contributed by atoms with Gasteiger partial charge in [0.1, 0.15) is 10.8 Å². The highest BCUT2D eigenvalue weighted by atomic mass is 35.5. The maximum Gasteiger partial charge on any atom is 0.271 e. The van der Waals surface area contributed by atoms with Crippen LogP contribution in [-0.2, 0) is 6.54 Å². The van der Waals surface area contributed by atoms with E-state index in [0.29, 0.717) is 13.1 Å². The lowest BCUT2D eigenvalue weighted by atomic mass is 10.4. The van der Waals surface area contributed by atoms with Crippen LogP contribution in [0.4, 0.5) is 0 Å². The van der Waals surface area contributed by atoms with E-state index in [-0.39, 0.29) is 16.8 Å². The summed E-state index contributed by atoms with van der Waals surface area (Å²) in [6.45, 7) is 0.985. The Labute approximate surface area is 102 Å². The summed E-state index contributed by atoms with van der Waals surface area (Å²) in [5, 5.41) is 10.4. The highest BCUT2D eigenvalue weighted by molar-refractivity contribution is 6.29. The number of aromatic nitrogens is 5. The van der Waals surface area contributed by atoms with Gasteiger partial charge in [0, 0.05) is 12.7 Å². The van der Waals surface area contributed by atoms with E-state index in [1.54, 1.807) is 17.1 Å². The second kappa shape index (κ2) is 5.35. The topological polar surface area (TPSA) is 85.6 Å². The van der Waals surface area contributed by atoms with Crippen LogP contribution < -0.4 is 5.32 Å². The number of carbonyl (C=O) groups is 1. The number of nitrogens with one attached hydrogen (secondary N) is 1. The highest BCUT2D eigenvalue weighted by Crippen LogP contribution is 2.00. The fraction of sp³-hybridized carbons (Fsp3) is 0.222. The van der Waals surface area contributed by atoms with Gasteiger partial charge in [0.05, 0.1) is 25.1 Å². The average molecular weight is 253 g/mol. The van der Waals surface area contributed by atoms with E-state index >= 15 is 0 Å². The summed E-state index contributed by atoms with van der Waals surface area (Å²) < 4.78 is 1.62. The molecule has 0 atom stereocenters. The normalized spacial score (nSPS) is 10.2. The molecule has 2 rings (SSSR count). The Morgan fingerprint density at radius 2 is 2.29 bits per heavy atom.